The Morgan fingerprint density at radius 3 is 2.56 bits per heavy atom. The van der Waals surface area contributed by atoms with Gasteiger partial charge in [0, 0.05) is 17.5 Å². The molecule has 3 nitrogen and oxygen atoms in total. The maximum atomic E-state index is 5.66. The molecule has 18 heavy (non-hydrogen) atoms. The maximum Gasteiger partial charge on any atom is 0.0947 e. The van der Waals surface area contributed by atoms with Crippen molar-refractivity contribution in [2.75, 3.05) is 0 Å². The highest BCUT2D eigenvalue weighted by atomic mass is 32.1. The minimum absolute atomic E-state index is 0.126. The highest BCUT2D eigenvalue weighted by Crippen LogP contribution is 2.20. The molecule has 0 fully saturated rings. The van der Waals surface area contributed by atoms with Gasteiger partial charge >= 0.3 is 0 Å². The number of aromatic nitrogens is 1. The fraction of sp³-hybridized carbons (Fsp3) is 0.357. The van der Waals surface area contributed by atoms with Gasteiger partial charge in [0.2, 0.25) is 0 Å². The van der Waals surface area contributed by atoms with Crippen LogP contribution in [0.2, 0.25) is 0 Å². The van der Waals surface area contributed by atoms with Crippen molar-refractivity contribution in [3.8, 4) is 0 Å². The van der Waals surface area contributed by atoms with Crippen LogP contribution < -0.4 is 11.3 Å². The topological polar surface area (TPSA) is 50.9 Å². The van der Waals surface area contributed by atoms with E-state index < -0.39 is 0 Å². The highest BCUT2D eigenvalue weighted by Gasteiger charge is 2.12. The van der Waals surface area contributed by atoms with Crippen LogP contribution in [-0.2, 0) is 12.8 Å². The first-order valence-corrected chi connectivity index (χ1v) is 7.07. The second-order valence-corrected chi connectivity index (χ2v) is 5.34. The number of hydrazine groups is 1. The zero-order valence-corrected chi connectivity index (χ0v) is 11.6. The number of benzene rings is 1. The molecular weight excluding hydrogens is 242 g/mol. The number of nitrogens with one attached hydrogen (secondary N) is 1. The smallest absolute Gasteiger partial charge is 0.0947 e. The Bertz CT molecular complexity index is 490. The molecular formula is C14H19N3S. The molecule has 0 aliphatic carbocycles. The van der Waals surface area contributed by atoms with Gasteiger partial charge in [0.05, 0.1) is 11.0 Å². The van der Waals surface area contributed by atoms with Crippen LogP contribution in [0.25, 0.3) is 0 Å². The monoisotopic (exact) mass is 261 g/mol. The van der Waals surface area contributed by atoms with Gasteiger partial charge in [-0.05, 0) is 24.5 Å². The number of hydrogen-bond acceptors (Lipinski definition) is 4. The maximum absolute atomic E-state index is 5.66. The summed E-state index contributed by atoms with van der Waals surface area (Å²) in [6, 6.07) is 8.73. The lowest BCUT2D eigenvalue weighted by atomic mass is 10.0. The average Bonchev–Trinajstić information content (AvgIpc) is 2.82. The molecule has 4 heteroatoms. The summed E-state index contributed by atoms with van der Waals surface area (Å²) in [4.78, 5) is 4.48. The molecule has 96 valence electrons. The predicted octanol–water partition coefficient (Wildman–Crippen LogP) is 2.76. The zero-order chi connectivity index (χ0) is 13.0. The van der Waals surface area contributed by atoms with Crippen molar-refractivity contribution >= 4 is 11.3 Å². The normalized spacial score (nSPS) is 12.6. The van der Waals surface area contributed by atoms with Gasteiger partial charge in [-0.15, -0.1) is 11.3 Å². The first-order valence-electron chi connectivity index (χ1n) is 6.19. The van der Waals surface area contributed by atoms with Gasteiger partial charge < -0.3 is 0 Å². The van der Waals surface area contributed by atoms with Crippen LogP contribution in [0.3, 0.4) is 0 Å². The molecule has 0 amide bonds. The van der Waals surface area contributed by atoms with Crippen LogP contribution in [0.15, 0.2) is 29.6 Å². The number of thiazole rings is 1. The highest BCUT2D eigenvalue weighted by molar-refractivity contribution is 7.09. The predicted molar refractivity (Wildman–Crippen MR) is 76.4 cm³/mol. The minimum atomic E-state index is 0.126. The van der Waals surface area contributed by atoms with Crippen molar-refractivity contribution in [1.82, 2.24) is 10.4 Å². The molecule has 1 heterocycles. The van der Waals surface area contributed by atoms with Crippen molar-refractivity contribution in [2.45, 2.75) is 32.7 Å². The van der Waals surface area contributed by atoms with Crippen LogP contribution in [0.4, 0.5) is 0 Å². The van der Waals surface area contributed by atoms with Crippen molar-refractivity contribution in [1.29, 1.82) is 0 Å². The molecule has 1 aromatic heterocycles. The summed E-state index contributed by atoms with van der Waals surface area (Å²) in [6.45, 7) is 4.17. The molecule has 0 radical (unpaired) electrons. The molecule has 0 aliphatic rings. The summed E-state index contributed by atoms with van der Waals surface area (Å²) in [7, 11) is 0. The fourth-order valence-corrected chi connectivity index (χ4v) is 2.75. The van der Waals surface area contributed by atoms with Crippen LogP contribution in [0.1, 0.15) is 34.8 Å². The van der Waals surface area contributed by atoms with Crippen LogP contribution in [0.5, 0.6) is 0 Å². The fourth-order valence-electron chi connectivity index (χ4n) is 1.93. The third-order valence-electron chi connectivity index (χ3n) is 3.04. The van der Waals surface area contributed by atoms with E-state index in [0.29, 0.717) is 0 Å². The quantitative estimate of drug-likeness (QED) is 0.643. The van der Waals surface area contributed by atoms with E-state index in [4.69, 9.17) is 5.84 Å². The summed E-state index contributed by atoms with van der Waals surface area (Å²) in [5.74, 6) is 5.66. The largest absolute Gasteiger partial charge is 0.271 e. The second kappa shape index (κ2) is 6.09. The number of nitrogens with zero attached hydrogens (tertiary/aromatic N) is 1. The molecule has 1 unspecified atom stereocenters. The van der Waals surface area contributed by atoms with Gasteiger partial charge in [0.15, 0.2) is 0 Å². The number of hydrogen-bond donors (Lipinski definition) is 2. The van der Waals surface area contributed by atoms with Crippen molar-refractivity contribution in [3.05, 3.63) is 51.5 Å². The second-order valence-electron chi connectivity index (χ2n) is 4.40. The molecule has 2 rings (SSSR count). The van der Waals surface area contributed by atoms with Gasteiger partial charge in [0.1, 0.15) is 0 Å². The molecule has 2 aromatic rings. The summed E-state index contributed by atoms with van der Waals surface area (Å²) in [5, 5.41) is 3.19. The Labute approximate surface area is 112 Å². The van der Waals surface area contributed by atoms with Gasteiger partial charge in [-0.2, -0.15) is 0 Å². The van der Waals surface area contributed by atoms with E-state index in [0.717, 1.165) is 23.5 Å². The first-order chi connectivity index (χ1) is 8.72. The SMILES string of the molecule is CCc1ccc(C(Cc2nc(C)cs2)NN)cc1. The Kier molecular flexibility index (Phi) is 4.47. The third-order valence-corrected chi connectivity index (χ3v) is 4.03. The van der Waals surface area contributed by atoms with E-state index in [2.05, 4.69) is 47.0 Å². The van der Waals surface area contributed by atoms with E-state index in [9.17, 15) is 0 Å². The summed E-state index contributed by atoms with van der Waals surface area (Å²) in [6.07, 6.45) is 1.90. The summed E-state index contributed by atoms with van der Waals surface area (Å²) >= 11 is 1.69. The lowest BCUT2D eigenvalue weighted by molar-refractivity contribution is 0.550. The van der Waals surface area contributed by atoms with E-state index in [1.165, 1.54) is 11.1 Å². The molecule has 0 aliphatic heterocycles. The minimum Gasteiger partial charge on any atom is -0.271 e. The van der Waals surface area contributed by atoms with Gasteiger partial charge in [0.25, 0.3) is 0 Å². The van der Waals surface area contributed by atoms with Crippen molar-refractivity contribution < 1.29 is 0 Å². The van der Waals surface area contributed by atoms with Crippen LogP contribution in [0, 0.1) is 6.92 Å². The molecule has 0 saturated carbocycles. The summed E-state index contributed by atoms with van der Waals surface area (Å²) < 4.78 is 0. The Morgan fingerprint density at radius 2 is 2.06 bits per heavy atom. The zero-order valence-electron chi connectivity index (χ0n) is 10.8. The van der Waals surface area contributed by atoms with Gasteiger partial charge in [-0.3, -0.25) is 11.3 Å². The lowest BCUT2D eigenvalue weighted by Gasteiger charge is -2.15. The first kappa shape index (κ1) is 13.2. The standard InChI is InChI=1S/C14H19N3S/c1-3-11-4-6-12(7-5-11)13(17-15)8-14-16-10(2)9-18-14/h4-7,9,13,17H,3,8,15H2,1-2H3. The van der Waals surface area contributed by atoms with Gasteiger partial charge in [-0.1, -0.05) is 31.2 Å². The molecule has 1 atom stereocenters. The van der Waals surface area contributed by atoms with E-state index in [1.54, 1.807) is 11.3 Å². The van der Waals surface area contributed by atoms with Crippen LogP contribution in [-0.4, -0.2) is 4.98 Å². The number of nitrogens with two attached hydrogens (primary N) is 1. The lowest BCUT2D eigenvalue weighted by Crippen LogP contribution is -2.29. The molecule has 0 saturated heterocycles. The molecule has 1 aromatic carbocycles. The molecule has 3 N–H and O–H groups in total. The van der Waals surface area contributed by atoms with E-state index in [1.807, 2.05) is 6.92 Å². The van der Waals surface area contributed by atoms with Gasteiger partial charge in [-0.25, -0.2) is 4.98 Å². The average molecular weight is 261 g/mol. The summed E-state index contributed by atoms with van der Waals surface area (Å²) in [5.41, 5.74) is 6.51. The Morgan fingerprint density at radius 1 is 1.33 bits per heavy atom. The number of rotatable bonds is 5. The van der Waals surface area contributed by atoms with E-state index in [-0.39, 0.29) is 6.04 Å². The van der Waals surface area contributed by atoms with Crippen molar-refractivity contribution in [3.63, 3.8) is 0 Å². The van der Waals surface area contributed by atoms with Crippen LogP contribution >= 0.6 is 11.3 Å². The van der Waals surface area contributed by atoms with Crippen molar-refractivity contribution in [2.24, 2.45) is 5.84 Å². The number of aryl methyl sites for hydroxylation is 2. The molecule has 0 spiro atoms. The Hall–Kier alpha value is -1.23. The third kappa shape index (κ3) is 3.16. The van der Waals surface area contributed by atoms with E-state index >= 15 is 0 Å². The molecule has 0 bridgehead atoms. The Balaban J connectivity index is 2.12.